The number of hydrogen-bond donors (Lipinski definition) is 3. The highest BCUT2D eigenvalue weighted by molar-refractivity contribution is 5.82. The lowest BCUT2D eigenvalue weighted by Gasteiger charge is -2.23. The van der Waals surface area contributed by atoms with E-state index in [4.69, 9.17) is 16.0 Å². The Bertz CT molecular complexity index is 167. The van der Waals surface area contributed by atoms with E-state index in [-0.39, 0.29) is 18.4 Å². The van der Waals surface area contributed by atoms with Crippen LogP contribution in [0, 0.1) is 5.92 Å². The van der Waals surface area contributed by atoms with Crippen molar-refractivity contribution in [3.63, 3.8) is 0 Å². The summed E-state index contributed by atoms with van der Waals surface area (Å²) in [5, 5.41) is 20.3. The van der Waals surface area contributed by atoms with Gasteiger partial charge in [0.2, 0.25) is 0 Å². The Balaban J connectivity index is 4.00. The molecule has 0 aliphatic heterocycles. The number of aliphatic hydroxyl groups excluding tert-OH is 1. The van der Waals surface area contributed by atoms with Gasteiger partial charge in [-0.15, -0.1) is 0 Å². The van der Waals surface area contributed by atoms with E-state index >= 15 is 0 Å². The molecule has 0 aliphatic rings. The van der Waals surface area contributed by atoms with Crippen LogP contribution in [0.2, 0.25) is 0 Å². The first kappa shape index (κ1) is 13.2. The SMILES string of the molecule is CCCN(CCO)CC(C)C(N)=NO. The van der Waals surface area contributed by atoms with Gasteiger partial charge in [-0.3, -0.25) is 0 Å². The van der Waals surface area contributed by atoms with Gasteiger partial charge in [0.25, 0.3) is 0 Å². The van der Waals surface area contributed by atoms with Gasteiger partial charge in [0.15, 0.2) is 0 Å². The zero-order valence-electron chi connectivity index (χ0n) is 8.98. The van der Waals surface area contributed by atoms with Crippen molar-refractivity contribution in [2.75, 3.05) is 26.2 Å². The maximum atomic E-state index is 8.82. The molecular formula is C9H21N3O2. The third-order valence-electron chi connectivity index (χ3n) is 2.11. The topological polar surface area (TPSA) is 82.1 Å². The predicted molar refractivity (Wildman–Crippen MR) is 56.4 cm³/mol. The van der Waals surface area contributed by atoms with Gasteiger partial charge in [0, 0.05) is 19.0 Å². The van der Waals surface area contributed by atoms with E-state index in [9.17, 15) is 0 Å². The Morgan fingerprint density at radius 1 is 1.50 bits per heavy atom. The Labute approximate surface area is 85.2 Å². The molecule has 1 unspecified atom stereocenters. The zero-order valence-corrected chi connectivity index (χ0v) is 8.98. The molecule has 0 aliphatic carbocycles. The molecule has 0 aromatic rings. The Hall–Kier alpha value is -0.810. The summed E-state index contributed by atoms with van der Waals surface area (Å²) in [7, 11) is 0. The summed E-state index contributed by atoms with van der Waals surface area (Å²) in [4.78, 5) is 2.10. The van der Waals surface area contributed by atoms with Crippen molar-refractivity contribution in [3.8, 4) is 0 Å². The summed E-state index contributed by atoms with van der Waals surface area (Å²) in [6.07, 6.45) is 1.03. The standard InChI is InChI=1S/C9H21N3O2/c1-3-4-12(5-6-13)7-8(2)9(10)11-14/h8,13-14H,3-7H2,1-2H3,(H2,10,11). The molecular weight excluding hydrogens is 182 g/mol. The van der Waals surface area contributed by atoms with Gasteiger partial charge < -0.3 is 20.9 Å². The molecule has 1 atom stereocenters. The number of rotatable bonds is 7. The van der Waals surface area contributed by atoms with E-state index in [0.29, 0.717) is 13.1 Å². The highest BCUT2D eigenvalue weighted by atomic mass is 16.4. The van der Waals surface area contributed by atoms with Gasteiger partial charge >= 0.3 is 0 Å². The Kier molecular flexibility index (Phi) is 7.14. The van der Waals surface area contributed by atoms with E-state index in [1.54, 1.807) is 0 Å². The van der Waals surface area contributed by atoms with Gasteiger partial charge in [-0.1, -0.05) is 19.0 Å². The molecule has 0 amide bonds. The normalized spacial score (nSPS) is 14.7. The lowest BCUT2D eigenvalue weighted by Crippen LogP contribution is -2.37. The van der Waals surface area contributed by atoms with E-state index in [1.807, 2.05) is 6.92 Å². The maximum absolute atomic E-state index is 8.82. The molecule has 0 spiro atoms. The third-order valence-corrected chi connectivity index (χ3v) is 2.11. The van der Waals surface area contributed by atoms with Crippen molar-refractivity contribution < 1.29 is 10.3 Å². The quantitative estimate of drug-likeness (QED) is 0.237. The van der Waals surface area contributed by atoms with Crippen LogP contribution < -0.4 is 5.73 Å². The summed E-state index contributed by atoms with van der Waals surface area (Å²) >= 11 is 0. The average Bonchev–Trinajstić information content (AvgIpc) is 2.17. The Morgan fingerprint density at radius 3 is 2.57 bits per heavy atom. The fourth-order valence-electron chi connectivity index (χ4n) is 1.33. The highest BCUT2D eigenvalue weighted by Gasteiger charge is 2.12. The molecule has 0 aromatic carbocycles. The number of hydrogen-bond acceptors (Lipinski definition) is 4. The number of oxime groups is 1. The molecule has 0 heterocycles. The summed E-state index contributed by atoms with van der Waals surface area (Å²) in [5.41, 5.74) is 5.47. The van der Waals surface area contributed by atoms with Gasteiger partial charge in [-0.05, 0) is 13.0 Å². The summed E-state index contributed by atoms with van der Waals surface area (Å²) in [5.74, 6) is 0.252. The number of amidine groups is 1. The molecule has 0 aromatic heterocycles. The second-order valence-corrected chi connectivity index (χ2v) is 3.45. The highest BCUT2D eigenvalue weighted by Crippen LogP contribution is 2.01. The molecule has 4 N–H and O–H groups in total. The lowest BCUT2D eigenvalue weighted by atomic mass is 10.1. The van der Waals surface area contributed by atoms with Crippen molar-refractivity contribution >= 4 is 5.84 Å². The van der Waals surface area contributed by atoms with Crippen LogP contribution in [-0.2, 0) is 0 Å². The first-order valence-electron chi connectivity index (χ1n) is 4.96. The zero-order chi connectivity index (χ0) is 11.0. The maximum Gasteiger partial charge on any atom is 0.143 e. The number of nitrogens with two attached hydrogens (primary N) is 1. The van der Waals surface area contributed by atoms with E-state index in [0.717, 1.165) is 13.0 Å². The third kappa shape index (κ3) is 5.04. The molecule has 0 saturated carbocycles. The second-order valence-electron chi connectivity index (χ2n) is 3.45. The molecule has 5 nitrogen and oxygen atoms in total. The van der Waals surface area contributed by atoms with Gasteiger partial charge in [-0.2, -0.15) is 0 Å². The number of nitrogens with zero attached hydrogens (tertiary/aromatic N) is 2. The fraction of sp³-hybridized carbons (Fsp3) is 0.889. The van der Waals surface area contributed by atoms with E-state index < -0.39 is 0 Å². The molecule has 0 radical (unpaired) electrons. The van der Waals surface area contributed by atoms with Gasteiger partial charge in [0.05, 0.1) is 6.61 Å². The van der Waals surface area contributed by atoms with Crippen molar-refractivity contribution in [3.05, 3.63) is 0 Å². The largest absolute Gasteiger partial charge is 0.409 e. The van der Waals surface area contributed by atoms with Crippen LogP contribution in [-0.4, -0.2) is 47.3 Å². The summed E-state index contributed by atoms with van der Waals surface area (Å²) < 4.78 is 0. The first-order valence-corrected chi connectivity index (χ1v) is 4.96. The minimum atomic E-state index is 0.0121. The van der Waals surface area contributed by atoms with E-state index in [2.05, 4.69) is 17.0 Å². The molecule has 0 rings (SSSR count). The molecule has 0 bridgehead atoms. The average molecular weight is 203 g/mol. The van der Waals surface area contributed by atoms with Crippen LogP contribution in [0.5, 0.6) is 0 Å². The van der Waals surface area contributed by atoms with Crippen molar-refractivity contribution in [1.82, 2.24) is 4.90 Å². The molecule has 0 saturated heterocycles. The number of aliphatic hydroxyl groups is 1. The monoisotopic (exact) mass is 203 g/mol. The molecule has 14 heavy (non-hydrogen) atoms. The lowest BCUT2D eigenvalue weighted by molar-refractivity contribution is 0.187. The minimum absolute atomic E-state index is 0.0121. The van der Waals surface area contributed by atoms with Crippen molar-refractivity contribution in [2.24, 2.45) is 16.8 Å². The van der Waals surface area contributed by atoms with Crippen LogP contribution >= 0.6 is 0 Å². The summed E-state index contributed by atoms with van der Waals surface area (Å²) in [6.45, 7) is 6.39. The molecule has 0 fully saturated rings. The van der Waals surface area contributed by atoms with Gasteiger partial charge in [0.1, 0.15) is 5.84 Å². The Morgan fingerprint density at radius 2 is 2.14 bits per heavy atom. The smallest absolute Gasteiger partial charge is 0.143 e. The minimum Gasteiger partial charge on any atom is -0.409 e. The fourth-order valence-corrected chi connectivity index (χ4v) is 1.33. The predicted octanol–water partition coefficient (Wildman–Crippen LogP) is 0.0732. The van der Waals surface area contributed by atoms with E-state index in [1.165, 1.54) is 0 Å². The molecule has 5 heteroatoms. The first-order chi connectivity index (χ1) is 6.65. The van der Waals surface area contributed by atoms with Crippen LogP contribution in [0.1, 0.15) is 20.3 Å². The van der Waals surface area contributed by atoms with Crippen molar-refractivity contribution in [1.29, 1.82) is 0 Å². The van der Waals surface area contributed by atoms with Gasteiger partial charge in [-0.25, -0.2) is 0 Å². The van der Waals surface area contributed by atoms with Crippen molar-refractivity contribution in [2.45, 2.75) is 20.3 Å². The summed E-state index contributed by atoms with van der Waals surface area (Å²) in [6, 6.07) is 0. The second kappa shape index (κ2) is 7.58. The molecule has 84 valence electrons. The van der Waals surface area contributed by atoms with Crippen LogP contribution in [0.25, 0.3) is 0 Å². The van der Waals surface area contributed by atoms with Crippen LogP contribution in [0.4, 0.5) is 0 Å². The van der Waals surface area contributed by atoms with Crippen LogP contribution in [0.3, 0.4) is 0 Å². The van der Waals surface area contributed by atoms with Crippen LogP contribution in [0.15, 0.2) is 5.16 Å².